The minimum atomic E-state index is -0.916. The van der Waals surface area contributed by atoms with Gasteiger partial charge in [0, 0.05) is 24.0 Å². The van der Waals surface area contributed by atoms with Crippen molar-refractivity contribution in [2.75, 3.05) is 13.9 Å². The van der Waals surface area contributed by atoms with E-state index in [2.05, 4.69) is 6.92 Å². The zero-order valence-corrected chi connectivity index (χ0v) is 23.1. The third-order valence-electron chi connectivity index (χ3n) is 7.97. The minimum absolute atomic E-state index is 0.0134. The van der Waals surface area contributed by atoms with E-state index in [4.69, 9.17) is 19.2 Å². The van der Waals surface area contributed by atoms with Gasteiger partial charge in [-0.2, -0.15) is 0 Å². The number of nitrogens with zero attached hydrogens (tertiary/aromatic N) is 1. The highest BCUT2D eigenvalue weighted by atomic mass is 16.7. The van der Waals surface area contributed by atoms with E-state index < -0.39 is 29.7 Å². The van der Waals surface area contributed by atoms with Crippen LogP contribution in [0.4, 0.5) is 0 Å². The number of carboxylic acid groups (broad SMARTS) is 2. The van der Waals surface area contributed by atoms with Crippen LogP contribution in [0.2, 0.25) is 0 Å². The second-order valence-corrected chi connectivity index (χ2v) is 10.8. The minimum Gasteiger partial charge on any atom is -0.497 e. The topological polar surface area (TPSA) is 115 Å². The zero-order valence-electron chi connectivity index (χ0n) is 23.1. The molecule has 1 aliphatic heterocycles. The molecule has 0 bridgehead atoms. The summed E-state index contributed by atoms with van der Waals surface area (Å²) in [6, 6.07) is 15.3. The Morgan fingerprint density at radius 1 is 1.02 bits per heavy atom. The number of carboxylic acids is 2. The van der Waals surface area contributed by atoms with Gasteiger partial charge in [0.25, 0.3) is 0 Å². The number of benzene rings is 2. The summed E-state index contributed by atoms with van der Waals surface area (Å²) in [5.41, 5.74) is 5.14. The first-order chi connectivity index (χ1) is 19.3. The van der Waals surface area contributed by atoms with Gasteiger partial charge in [-0.25, -0.2) is 0 Å². The van der Waals surface area contributed by atoms with E-state index >= 15 is 0 Å². The van der Waals surface area contributed by atoms with Crippen molar-refractivity contribution in [2.45, 2.75) is 57.8 Å². The molecular weight excluding hydrogens is 510 g/mol. The molecule has 5 rings (SSSR count). The second-order valence-electron chi connectivity index (χ2n) is 10.8. The van der Waals surface area contributed by atoms with Crippen LogP contribution in [0.25, 0.3) is 0 Å². The highest BCUT2D eigenvalue weighted by Crippen LogP contribution is 2.54. The van der Waals surface area contributed by atoms with Gasteiger partial charge >= 0.3 is 11.9 Å². The van der Waals surface area contributed by atoms with Gasteiger partial charge in [0.15, 0.2) is 11.5 Å². The van der Waals surface area contributed by atoms with Crippen molar-refractivity contribution in [1.82, 2.24) is 4.98 Å². The smallest absolute Gasteiger partial charge is 0.308 e. The number of unbranched alkanes of at least 4 members (excludes halogenated alkanes) is 1. The lowest BCUT2D eigenvalue weighted by Crippen LogP contribution is -2.25. The molecule has 4 atom stereocenters. The van der Waals surface area contributed by atoms with E-state index in [0.29, 0.717) is 23.7 Å². The maximum absolute atomic E-state index is 13.1. The van der Waals surface area contributed by atoms with Gasteiger partial charge < -0.3 is 24.4 Å². The fraction of sp³-hybridized carbons (Fsp3) is 0.406. The number of fused-ring (bicyclic) bond motifs is 2. The van der Waals surface area contributed by atoms with Gasteiger partial charge in [-0.3, -0.25) is 14.6 Å². The van der Waals surface area contributed by atoms with Crippen molar-refractivity contribution in [3.05, 3.63) is 82.2 Å². The van der Waals surface area contributed by atoms with Crippen LogP contribution in [0.3, 0.4) is 0 Å². The van der Waals surface area contributed by atoms with E-state index in [0.717, 1.165) is 52.9 Å². The molecule has 8 heteroatoms. The maximum atomic E-state index is 13.1. The SMILES string of the molecule is CCCCc1ccc2c(n1)[C@@H](c1ccc(OC)cc1C[C@H](C)CC(=O)O)C(C(=O)O)[C@H]2c1ccc2c(c1)OCO2. The Morgan fingerprint density at radius 2 is 1.80 bits per heavy atom. The lowest BCUT2D eigenvalue weighted by molar-refractivity contribution is -0.142. The number of aromatic nitrogens is 1. The molecule has 0 amide bonds. The van der Waals surface area contributed by atoms with E-state index in [9.17, 15) is 19.8 Å². The number of hydrogen-bond donors (Lipinski definition) is 2. The first kappa shape index (κ1) is 27.5. The lowest BCUT2D eigenvalue weighted by atomic mass is 9.77. The molecule has 0 saturated carbocycles. The van der Waals surface area contributed by atoms with Crippen molar-refractivity contribution >= 4 is 11.9 Å². The maximum Gasteiger partial charge on any atom is 0.308 e. The number of carbonyl (C=O) groups is 2. The summed E-state index contributed by atoms with van der Waals surface area (Å²) in [5, 5.41) is 20.1. The van der Waals surface area contributed by atoms with Gasteiger partial charge in [-0.1, -0.05) is 38.5 Å². The molecule has 0 spiro atoms. The molecule has 0 fully saturated rings. The summed E-state index contributed by atoms with van der Waals surface area (Å²) in [4.78, 5) is 29.7. The van der Waals surface area contributed by atoms with Crippen LogP contribution in [0, 0.1) is 11.8 Å². The first-order valence-electron chi connectivity index (χ1n) is 13.8. The molecule has 1 unspecified atom stereocenters. The largest absolute Gasteiger partial charge is 0.497 e. The van der Waals surface area contributed by atoms with Crippen LogP contribution in [0.5, 0.6) is 17.2 Å². The van der Waals surface area contributed by atoms with Crippen molar-refractivity contribution in [3.8, 4) is 17.2 Å². The van der Waals surface area contributed by atoms with Crippen molar-refractivity contribution in [1.29, 1.82) is 0 Å². The number of aryl methyl sites for hydroxylation is 1. The van der Waals surface area contributed by atoms with Crippen LogP contribution in [0.15, 0.2) is 48.5 Å². The molecule has 0 saturated heterocycles. The van der Waals surface area contributed by atoms with E-state index in [1.165, 1.54) is 0 Å². The van der Waals surface area contributed by atoms with Crippen LogP contribution in [-0.4, -0.2) is 41.0 Å². The lowest BCUT2D eigenvalue weighted by Gasteiger charge is -2.25. The van der Waals surface area contributed by atoms with Gasteiger partial charge in [-0.05, 0) is 77.8 Å². The van der Waals surface area contributed by atoms with Crippen molar-refractivity contribution in [2.24, 2.45) is 11.8 Å². The number of pyridine rings is 1. The number of rotatable bonds is 11. The Balaban J connectivity index is 1.67. The molecule has 40 heavy (non-hydrogen) atoms. The summed E-state index contributed by atoms with van der Waals surface area (Å²) in [5.74, 6) is -1.85. The third kappa shape index (κ3) is 5.35. The molecule has 1 aromatic heterocycles. The number of aliphatic carboxylic acids is 2. The highest BCUT2D eigenvalue weighted by molar-refractivity contribution is 5.78. The molecule has 2 aliphatic rings. The summed E-state index contributed by atoms with van der Waals surface area (Å²) in [7, 11) is 1.58. The average Bonchev–Trinajstić information content (AvgIpc) is 3.53. The summed E-state index contributed by atoms with van der Waals surface area (Å²) < 4.78 is 16.6. The third-order valence-corrected chi connectivity index (χ3v) is 7.97. The standard InChI is InChI=1S/C32H35NO7/c1-4-5-6-21-8-10-24-28(19-7-12-25-26(16-19)40-17-39-25)30(32(36)37)29(31(24)33-21)23-11-9-22(38-3)15-20(23)13-18(2)14-27(34)35/h7-12,15-16,18,28-30H,4-6,13-14,17H2,1-3H3,(H,34,35)(H,36,37)/t18-,28-,29-,30?/m0/s1. The Morgan fingerprint density at radius 3 is 2.52 bits per heavy atom. The molecular formula is C32H35NO7. The normalized spacial score (nSPS) is 19.7. The Kier molecular flexibility index (Phi) is 7.96. The van der Waals surface area contributed by atoms with E-state index in [1.54, 1.807) is 7.11 Å². The molecule has 8 nitrogen and oxygen atoms in total. The number of methoxy groups -OCH3 is 1. The van der Waals surface area contributed by atoms with Gasteiger partial charge in [-0.15, -0.1) is 0 Å². The summed E-state index contributed by atoms with van der Waals surface area (Å²) in [6.45, 7) is 4.16. The predicted molar refractivity (Wildman–Crippen MR) is 148 cm³/mol. The molecule has 2 N–H and O–H groups in total. The van der Waals surface area contributed by atoms with E-state index in [1.807, 2.05) is 55.5 Å². The Hall–Kier alpha value is -4.07. The molecule has 3 aromatic rings. The number of ether oxygens (including phenoxy) is 3. The Labute approximate surface area is 233 Å². The van der Waals surface area contributed by atoms with Crippen LogP contribution in [0.1, 0.15) is 78.6 Å². The molecule has 2 heterocycles. The number of hydrogen-bond acceptors (Lipinski definition) is 6. The van der Waals surface area contributed by atoms with Crippen LogP contribution >= 0.6 is 0 Å². The Bertz CT molecular complexity index is 1420. The van der Waals surface area contributed by atoms with Crippen molar-refractivity contribution in [3.63, 3.8) is 0 Å². The van der Waals surface area contributed by atoms with Gasteiger partial charge in [0.2, 0.25) is 6.79 Å². The summed E-state index contributed by atoms with van der Waals surface area (Å²) in [6.07, 6.45) is 3.32. The fourth-order valence-electron chi connectivity index (χ4n) is 6.15. The van der Waals surface area contributed by atoms with Crippen LogP contribution < -0.4 is 14.2 Å². The molecule has 0 radical (unpaired) electrons. The second kappa shape index (κ2) is 11.6. The van der Waals surface area contributed by atoms with Gasteiger partial charge in [0.05, 0.1) is 18.7 Å². The molecule has 210 valence electrons. The monoisotopic (exact) mass is 545 g/mol. The average molecular weight is 546 g/mol. The van der Waals surface area contributed by atoms with Crippen molar-refractivity contribution < 1.29 is 34.0 Å². The molecule has 1 aliphatic carbocycles. The quantitative estimate of drug-likeness (QED) is 0.311. The van der Waals surface area contributed by atoms with E-state index in [-0.39, 0.29) is 19.1 Å². The molecule has 2 aromatic carbocycles. The summed E-state index contributed by atoms with van der Waals surface area (Å²) >= 11 is 0. The fourth-order valence-corrected chi connectivity index (χ4v) is 6.15. The first-order valence-corrected chi connectivity index (χ1v) is 13.8. The zero-order chi connectivity index (χ0) is 28.4. The highest BCUT2D eigenvalue weighted by Gasteiger charge is 2.48. The van der Waals surface area contributed by atoms with Crippen LogP contribution in [-0.2, 0) is 22.4 Å². The predicted octanol–water partition coefficient (Wildman–Crippen LogP) is 5.79. The van der Waals surface area contributed by atoms with Gasteiger partial charge in [0.1, 0.15) is 5.75 Å².